The lowest BCUT2D eigenvalue weighted by Gasteiger charge is -2.24. The number of benzene rings is 1. The Labute approximate surface area is 177 Å². The largest absolute Gasteiger partial charge is 0.554 e. The molecule has 160 valence electrons. The number of carbonyl (C=O) groups excluding carboxylic acids is 2. The fraction of sp³-hybridized carbons (Fsp3) is 0.316. The van der Waals surface area contributed by atoms with Crippen LogP contribution in [0.1, 0.15) is 24.4 Å². The van der Waals surface area contributed by atoms with Crippen molar-refractivity contribution in [3.05, 3.63) is 47.1 Å². The Morgan fingerprint density at radius 1 is 1.27 bits per heavy atom. The molecule has 2 aromatic rings. The molecule has 0 aliphatic carbocycles. The summed E-state index contributed by atoms with van der Waals surface area (Å²) in [7, 11) is 2.78. The van der Waals surface area contributed by atoms with Crippen LogP contribution in [0.25, 0.3) is 0 Å². The van der Waals surface area contributed by atoms with E-state index >= 15 is 0 Å². The van der Waals surface area contributed by atoms with E-state index in [1.807, 2.05) is 0 Å². The van der Waals surface area contributed by atoms with Crippen LogP contribution in [0.4, 0.5) is 4.79 Å². The first-order chi connectivity index (χ1) is 14.4. The zero-order valence-electron chi connectivity index (χ0n) is 16.2. The number of aliphatic carboxylic acids is 1. The molecule has 10 nitrogen and oxygen atoms in total. The van der Waals surface area contributed by atoms with Gasteiger partial charge in [-0.25, -0.2) is 14.5 Å². The van der Waals surface area contributed by atoms with Crippen LogP contribution in [0.15, 0.2) is 36.5 Å². The molecule has 1 saturated heterocycles. The summed E-state index contributed by atoms with van der Waals surface area (Å²) in [5.41, 5.74) is 0.693. The molecule has 1 aliphatic heterocycles. The zero-order chi connectivity index (χ0) is 22.3. The number of hydrogen-bond donors (Lipinski definition) is 1. The maximum atomic E-state index is 13.4. The highest BCUT2D eigenvalue weighted by Crippen LogP contribution is 2.39. The minimum atomic E-state index is -1.08. The molecule has 0 spiro atoms. The number of hydrogen-bond acceptors (Lipinski definition) is 7. The first-order valence-corrected chi connectivity index (χ1v) is 9.13. The minimum absolute atomic E-state index is 0.00621. The summed E-state index contributed by atoms with van der Waals surface area (Å²) in [6.45, 7) is -0.500. The number of ether oxygens (including phenoxy) is 2. The average Bonchev–Trinajstić information content (AvgIpc) is 3.18. The van der Waals surface area contributed by atoms with Crippen LogP contribution in [0.2, 0.25) is 5.02 Å². The summed E-state index contributed by atoms with van der Waals surface area (Å²) in [6.07, 6.45) is 2.21. The zero-order valence-corrected chi connectivity index (χ0v) is 17.0. The van der Waals surface area contributed by atoms with Crippen LogP contribution in [-0.2, 0) is 9.59 Å². The molecule has 0 bridgehead atoms. The first kappa shape index (κ1) is 22.9. The van der Waals surface area contributed by atoms with Gasteiger partial charge in [0.1, 0.15) is 12.2 Å². The van der Waals surface area contributed by atoms with Gasteiger partial charge in [0.2, 0.25) is 0 Å². The van der Waals surface area contributed by atoms with Gasteiger partial charge in [-0.05, 0) is 18.9 Å². The lowest BCUT2D eigenvalue weighted by molar-refractivity contribution is -0.596. The normalized spacial score (nSPS) is 17.5. The molecule has 1 amide bonds. The predicted molar refractivity (Wildman–Crippen MR) is 101 cm³/mol. The van der Waals surface area contributed by atoms with Crippen LogP contribution < -0.4 is 19.1 Å². The van der Waals surface area contributed by atoms with Gasteiger partial charge in [-0.1, -0.05) is 39.4 Å². The molecule has 1 aromatic heterocycles. The van der Waals surface area contributed by atoms with Crippen molar-refractivity contribution in [2.75, 3.05) is 14.2 Å². The second kappa shape index (κ2) is 10.4. The summed E-state index contributed by atoms with van der Waals surface area (Å²) < 4.78 is 11.5. The molecule has 2 heterocycles. The van der Waals surface area contributed by atoms with Crippen LogP contribution in [0, 0.1) is 0 Å². The van der Waals surface area contributed by atoms with Crippen molar-refractivity contribution < 1.29 is 38.6 Å². The fourth-order valence-corrected chi connectivity index (χ4v) is 3.62. The smallest absolute Gasteiger partial charge is 0.450 e. The van der Waals surface area contributed by atoms with E-state index < -0.39 is 30.6 Å². The molecule has 3 rings (SSSR count). The van der Waals surface area contributed by atoms with E-state index in [4.69, 9.17) is 31.0 Å². The lowest BCUT2D eigenvalue weighted by atomic mass is 10.0. The second-order valence-corrected chi connectivity index (χ2v) is 6.47. The Kier molecular flexibility index (Phi) is 7.93. The molecular weight excluding hydrogens is 418 g/mol. The number of methoxy groups -OCH3 is 2. The van der Waals surface area contributed by atoms with E-state index in [1.54, 1.807) is 24.3 Å². The third kappa shape index (κ3) is 4.60. The van der Waals surface area contributed by atoms with Crippen LogP contribution in [0.5, 0.6) is 11.9 Å². The Morgan fingerprint density at radius 2 is 1.93 bits per heavy atom. The van der Waals surface area contributed by atoms with E-state index in [9.17, 15) is 14.7 Å². The molecule has 1 aliphatic rings. The van der Waals surface area contributed by atoms with Crippen molar-refractivity contribution in [2.24, 2.45) is 0 Å². The maximum Gasteiger partial charge on any atom is 0.450 e. The van der Waals surface area contributed by atoms with E-state index in [1.165, 1.54) is 31.4 Å². The van der Waals surface area contributed by atoms with Gasteiger partial charge in [-0.2, -0.15) is 0 Å². The number of carboxylic acid groups (broad SMARTS) is 2. The van der Waals surface area contributed by atoms with Crippen molar-refractivity contribution in [3.63, 3.8) is 0 Å². The summed E-state index contributed by atoms with van der Waals surface area (Å²) >= 11 is 6.31. The molecule has 1 aromatic carbocycles. The Balaban J connectivity index is 0.00000101. The van der Waals surface area contributed by atoms with Gasteiger partial charge in [0.15, 0.2) is 6.04 Å². The number of nitrogens with zero attached hydrogens (tertiary/aromatic N) is 3. The number of aromatic nitrogens is 2. The number of rotatable bonds is 4. The lowest BCUT2D eigenvalue weighted by Crippen LogP contribution is -2.57. The highest BCUT2D eigenvalue weighted by Gasteiger charge is 2.49. The third-order valence-corrected chi connectivity index (χ3v) is 4.90. The summed E-state index contributed by atoms with van der Waals surface area (Å²) in [6, 6.07) is 6.48. The van der Waals surface area contributed by atoms with Gasteiger partial charge in [0.25, 0.3) is 5.88 Å². The van der Waals surface area contributed by atoms with Crippen molar-refractivity contribution in [2.45, 2.75) is 24.9 Å². The van der Waals surface area contributed by atoms with Gasteiger partial charge < -0.3 is 24.5 Å². The summed E-state index contributed by atoms with van der Waals surface area (Å²) in [4.78, 5) is 38.8. The first-order valence-electron chi connectivity index (χ1n) is 8.75. The van der Waals surface area contributed by atoms with Crippen molar-refractivity contribution >= 4 is 30.1 Å². The molecule has 1 N–H and O–H groups in total. The monoisotopic (exact) mass is 437 g/mol. The molecule has 0 radical (unpaired) electrons. The van der Waals surface area contributed by atoms with Gasteiger partial charge in [0.05, 0.1) is 20.3 Å². The number of carbonyl (C=O) groups is 3. The van der Waals surface area contributed by atoms with Gasteiger partial charge in [0, 0.05) is 17.1 Å². The standard InChI is InChI=1S/C18H18ClN3O5.CH2O2/c1-26-15-9-10-20-17(27-2)22(15)18(25)21-13(7-8-14(21)16(23)24)11-5-3-4-6-12(11)19;2-1-3/h3-6,9-10,13-14H,7-8H2,1-2H3;1H,(H,2,3)/t13-,14+;/m1./s1. The van der Waals surface area contributed by atoms with Crippen molar-refractivity contribution in [3.8, 4) is 11.9 Å². The Hall–Kier alpha value is -3.40. The number of halogens is 1. The highest BCUT2D eigenvalue weighted by molar-refractivity contribution is 6.31. The number of likely N-dealkylation sites (tertiary alicyclic amines) is 1. The second-order valence-electron chi connectivity index (χ2n) is 6.06. The van der Waals surface area contributed by atoms with E-state index in [0.717, 1.165) is 4.57 Å². The van der Waals surface area contributed by atoms with Crippen molar-refractivity contribution in [1.29, 1.82) is 0 Å². The fourth-order valence-electron chi connectivity index (χ4n) is 3.36. The van der Waals surface area contributed by atoms with Crippen molar-refractivity contribution in [1.82, 2.24) is 9.88 Å². The average molecular weight is 438 g/mol. The quantitative estimate of drug-likeness (QED) is 0.545. The Bertz CT molecular complexity index is 903. The van der Waals surface area contributed by atoms with E-state index in [2.05, 4.69) is 4.98 Å². The highest BCUT2D eigenvalue weighted by atomic mass is 35.5. The van der Waals surface area contributed by atoms with Gasteiger partial charge >= 0.3 is 18.0 Å². The molecule has 11 heteroatoms. The summed E-state index contributed by atoms with van der Waals surface area (Å²) in [5.74, 6) is -0.902. The van der Waals surface area contributed by atoms with Gasteiger partial charge in [-0.3, -0.25) is 0 Å². The van der Waals surface area contributed by atoms with Crippen LogP contribution in [0.3, 0.4) is 0 Å². The maximum absolute atomic E-state index is 13.4. The van der Waals surface area contributed by atoms with Crippen LogP contribution in [-0.4, -0.2) is 53.7 Å². The molecular formula is C19H20ClN3O7. The van der Waals surface area contributed by atoms with Crippen LogP contribution >= 0.6 is 11.6 Å². The minimum Gasteiger partial charge on any atom is -0.554 e. The molecule has 30 heavy (non-hydrogen) atoms. The van der Waals surface area contributed by atoms with E-state index in [-0.39, 0.29) is 11.9 Å². The SMILES string of the molecule is COc1ccnc(OC)[n+]1C(=O)N1[C@@H](c2ccccc2Cl)CC[C@H]1C(=O)O.O=C[O-]. The molecule has 1 fully saturated rings. The predicted octanol–water partition coefficient (Wildman–Crippen LogP) is 0.664. The van der Waals surface area contributed by atoms with E-state index in [0.29, 0.717) is 23.4 Å². The summed E-state index contributed by atoms with van der Waals surface area (Å²) in [5, 5.41) is 18.4. The topological polar surface area (TPSA) is 133 Å². The number of carboxylic acids is 1. The third-order valence-electron chi connectivity index (χ3n) is 4.55. The molecule has 2 atom stereocenters. The molecule has 0 saturated carbocycles. The number of amides is 1. The van der Waals surface area contributed by atoms with Gasteiger partial charge in [-0.15, -0.1) is 0 Å². The Morgan fingerprint density at radius 3 is 2.50 bits per heavy atom. The molecule has 0 unspecified atom stereocenters.